The van der Waals surface area contributed by atoms with Gasteiger partial charge in [0.25, 0.3) is 0 Å². The van der Waals surface area contributed by atoms with Crippen LogP contribution >= 0.6 is 11.6 Å². The average molecular weight is 307 g/mol. The molecule has 2 aliphatic rings. The Bertz CT molecular complexity index is 525. The van der Waals surface area contributed by atoms with Crippen LogP contribution in [0, 0.1) is 5.41 Å². The van der Waals surface area contributed by atoms with Gasteiger partial charge in [-0.25, -0.2) is 0 Å². The Morgan fingerprint density at radius 2 is 1.95 bits per heavy atom. The monoisotopic (exact) mass is 306 g/mol. The van der Waals surface area contributed by atoms with Crippen molar-refractivity contribution >= 4 is 23.1 Å². The maximum Gasteiger partial charge on any atom is 0.124 e. The predicted molar refractivity (Wildman–Crippen MR) is 88.5 cm³/mol. The number of likely N-dealkylation sites (tertiary alicyclic amines) is 1. The van der Waals surface area contributed by atoms with Crippen molar-refractivity contribution in [2.45, 2.75) is 31.7 Å². The number of benzene rings is 1. The second kappa shape index (κ2) is 6.24. The largest absolute Gasteiger partial charge is 0.384 e. The minimum atomic E-state index is 0.114. The van der Waals surface area contributed by atoms with Crippen LogP contribution in [-0.2, 0) is 0 Å². The molecule has 2 aliphatic heterocycles. The molecule has 5 heteroatoms. The first-order valence-electron chi connectivity index (χ1n) is 7.78. The van der Waals surface area contributed by atoms with Gasteiger partial charge in [0, 0.05) is 35.4 Å². The Morgan fingerprint density at radius 1 is 1.19 bits per heavy atom. The molecule has 0 aliphatic carbocycles. The van der Waals surface area contributed by atoms with Gasteiger partial charge >= 0.3 is 0 Å². The number of nitrogens with one attached hydrogen (secondary N) is 1. The van der Waals surface area contributed by atoms with E-state index in [0.717, 1.165) is 24.3 Å². The van der Waals surface area contributed by atoms with Crippen molar-refractivity contribution in [1.82, 2.24) is 4.90 Å². The molecule has 114 valence electrons. The molecule has 0 saturated carbocycles. The summed E-state index contributed by atoms with van der Waals surface area (Å²) in [5.41, 5.74) is 7.51. The van der Waals surface area contributed by atoms with Crippen molar-refractivity contribution in [3.8, 4) is 0 Å². The summed E-state index contributed by atoms with van der Waals surface area (Å²) in [6, 6.07) is 6.23. The summed E-state index contributed by atoms with van der Waals surface area (Å²) in [6.45, 7) is 4.49. The lowest BCUT2D eigenvalue weighted by molar-refractivity contribution is 0.175. The van der Waals surface area contributed by atoms with Gasteiger partial charge < -0.3 is 10.6 Å². The van der Waals surface area contributed by atoms with Gasteiger partial charge in [0.1, 0.15) is 5.84 Å². The lowest BCUT2D eigenvalue weighted by atomic mass is 10.1. The molecule has 3 rings (SSSR count). The third-order valence-electron chi connectivity index (χ3n) is 4.66. The summed E-state index contributed by atoms with van der Waals surface area (Å²) in [5, 5.41) is 8.46. The minimum absolute atomic E-state index is 0.114. The van der Waals surface area contributed by atoms with Gasteiger partial charge in [-0.15, -0.1) is 0 Å². The molecule has 2 saturated heterocycles. The van der Waals surface area contributed by atoms with Crippen LogP contribution in [0.15, 0.2) is 18.2 Å². The highest BCUT2D eigenvalue weighted by molar-refractivity contribution is 6.31. The molecule has 1 unspecified atom stereocenters. The number of anilines is 1. The molecule has 2 heterocycles. The number of hydrogen-bond acceptors (Lipinski definition) is 3. The molecule has 0 aromatic heterocycles. The molecular weight excluding hydrogens is 284 g/mol. The van der Waals surface area contributed by atoms with Crippen molar-refractivity contribution in [3.63, 3.8) is 0 Å². The highest BCUT2D eigenvalue weighted by Gasteiger charge is 2.29. The Kier molecular flexibility index (Phi) is 4.36. The quantitative estimate of drug-likeness (QED) is 0.667. The molecule has 0 spiro atoms. The second-order valence-corrected chi connectivity index (χ2v) is 6.50. The number of halogens is 1. The Hall–Kier alpha value is -1.26. The number of amidine groups is 1. The molecule has 3 N–H and O–H groups in total. The van der Waals surface area contributed by atoms with Crippen LogP contribution in [0.5, 0.6) is 0 Å². The van der Waals surface area contributed by atoms with Gasteiger partial charge in [0.15, 0.2) is 0 Å². The van der Waals surface area contributed by atoms with E-state index >= 15 is 0 Å². The van der Waals surface area contributed by atoms with Gasteiger partial charge in [0.2, 0.25) is 0 Å². The fourth-order valence-corrected chi connectivity index (χ4v) is 3.70. The number of piperidine rings is 1. The van der Waals surface area contributed by atoms with E-state index < -0.39 is 0 Å². The van der Waals surface area contributed by atoms with Gasteiger partial charge in [-0.3, -0.25) is 10.3 Å². The zero-order chi connectivity index (χ0) is 14.8. The highest BCUT2D eigenvalue weighted by Crippen LogP contribution is 2.30. The summed E-state index contributed by atoms with van der Waals surface area (Å²) < 4.78 is 0. The first-order chi connectivity index (χ1) is 10.1. The molecule has 21 heavy (non-hydrogen) atoms. The molecule has 0 bridgehead atoms. The second-order valence-electron chi connectivity index (χ2n) is 6.06. The van der Waals surface area contributed by atoms with Crippen molar-refractivity contribution in [2.75, 3.05) is 31.1 Å². The number of hydrogen-bond donors (Lipinski definition) is 2. The summed E-state index contributed by atoms with van der Waals surface area (Å²) in [4.78, 5) is 4.96. The third-order valence-corrected chi connectivity index (χ3v) is 4.90. The molecule has 4 nitrogen and oxygen atoms in total. The molecule has 1 atom stereocenters. The summed E-state index contributed by atoms with van der Waals surface area (Å²) in [7, 11) is 0. The van der Waals surface area contributed by atoms with Crippen LogP contribution in [0.4, 0.5) is 5.69 Å². The van der Waals surface area contributed by atoms with E-state index in [1.54, 1.807) is 6.07 Å². The van der Waals surface area contributed by atoms with Crippen molar-refractivity contribution < 1.29 is 0 Å². The first-order valence-corrected chi connectivity index (χ1v) is 8.16. The Balaban J connectivity index is 1.76. The number of rotatable bonds is 3. The first kappa shape index (κ1) is 14.7. The van der Waals surface area contributed by atoms with Crippen molar-refractivity contribution in [1.29, 1.82) is 5.41 Å². The van der Waals surface area contributed by atoms with Gasteiger partial charge in [-0.1, -0.05) is 18.0 Å². The van der Waals surface area contributed by atoms with Gasteiger partial charge in [0.05, 0.1) is 0 Å². The minimum Gasteiger partial charge on any atom is -0.384 e. The number of nitrogens with zero attached hydrogens (tertiary/aromatic N) is 2. The summed E-state index contributed by atoms with van der Waals surface area (Å²) in [5.74, 6) is 0.114. The van der Waals surface area contributed by atoms with E-state index in [4.69, 9.17) is 22.7 Å². The third kappa shape index (κ3) is 3.16. The van der Waals surface area contributed by atoms with Crippen molar-refractivity contribution in [2.24, 2.45) is 5.73 Å². The maximum absolute atomic E-state index is 7.75. The zero-order valence-corrected chi connectivity index (χ0v) is 13.1. The molecule has 0 amide bonds. The fourth-order valence-electron chi connectivity index (χ4n) is 3.54. The topological polar surface area (TPSA) is 56.4 Å². The van der Waals surface area contributed by atoms with Crippen LogP contribution in [0.3, 0.4) is 0 Å². The lowest BCUT2D eigenvalue weighted by Crippen LogP contribution is -2.41. The van der Waals surface area contributed by atoms with E-state index in [1.807, 2.05) is 12.1 Å². The Morgan fingerprint density at radius 3 is 2.67 bits per heavy atom. The highest BCUT2D eigenvalue weighted by atomic mass is 35.5. The van der Waals surface area contributed by atoms with Gasteiger partial charge in [-0.2, -0.15) is 0 Å². The van der Waals surface area contributed by atoms with Crippen molar-refractivity contribution in [3.05, 3.63) is 28.8 Å². The van der Waals surface area contributed by atoms with Crippen LogP contribution < -0.4 is 10.6 Å². The van der Waals surface area contributed by atoms with Crippen LogP contribution in [0.1, 0.15) is 31.2 Å². The molecule has 0 radical (unpaired) electrons. The number of nitrogen functional groups attached to an aromatic ring is 1. The fraction of sp³-hybridized carbons (Fsp3) is 0.562. The molecular formula is C16H23ClN4. The van der Waals surface area contributed by atoms with E-state index in [-0.39, 0.29) is 5.84 Å². The smallest absolute Gasteiger partial charge is 0.124 e. The summed E-state index contributed by atoms with van der Waals surface area (Å²) in [6.07, 6.45) is 5.21. The average Bonchev–Trinajstić information content (AvgIpc) is 2.97. The predicted octanol–water partition coefficient (Wildman–Crippen LogP) is 2.69. The molecule has 1 aromatic rings. The Labute approximate surface area is 131 Å². The zero-order valence-electron chi connectivity index (χ0n) is 12.3. The van der Waals surface area contributed by atoms with E-state index in [2.05, 4.69) is 9.80 Å². The van der Waals surface area contributed by atoms with Crippen LogP contribution in [0.25, 0.3) is 0 Å². The van der Waals surface area contributed by atoms with E-state index in [1.165, 1.54) is 38.8 Å². The molecule has 1 aromatic carbocycles. The standard InChI is InChI=1S/C16H23ClN4/c17-12-4-5-14(16(18)19)15(10-12)21-9-6-13(11-21)20-7-2-1-3-8-20/h4-5,10,13H,1-3,6-9,11H2,(H3,18,19). The van der Waals surface area contributed by atoms with Crippen LogP contribution in [-0.4, -0.2) is 43.0 Å². The van der Waals surface area contributed by atoms with E-state index in [9.17, 15) is 0 Å². The maximum atomic E-state index is 7.75. The normalized spacial score (nSPS) is 23.5. The molecule has 2 fully saturated rings. The van der Waals surface area contributed by atoms with Crippen LogP contribution in [0.2, 0.25) is 5.02 Å². The number of nitrogens with two attached hydrogens (primary N) is 1. The SMILES string of the molecule is N=C(N)c1ccc(Cl)cc1N1CCC(N2CCCCC2)C1. The summed E-state index contributed by atoms with van der Waals surface area (Å²) >= 11 is 6.14. The van der Waals surface area contributed by atoms with Gasteiger partial charge in [-0.05, 0) is 50.6 Å². The lowest BCUT2D eigenvalue weighted by Gasteiger charge is -2.32. The van der Waals surface area contributed by atoms with E-state index in [0.29, 0.717) is 11.1 Å².